The second-order valence-electron chi connectivity index (χ2n) is 8.12. The van der Waals surface area contributed by atoms with Crippen LogP contribution in [0.3, 0.4) is 0 Å². The molecule has 4 aromatic rings. The minimum absolute atomic E-state index is 0.0651. The fourth-order valence-corrected chi connectivity index (χ4v) is 4.36. The van der Waals surface area contributed by atoms with Gasteiger partial charge in [-0.05, 0) is 48.7 Å². The molecule has 1 fully saturated rings. The molecule has 2 aromatic carbocycles. The number of benzene rings is 2. The molecule has 1 saturated heterocycles. The molecule has 0 radical (unpaired) electrons. The minimum Gasteiger partial charge on any atom is -0.376 e. The third-order valence-corrected chi connectivity index (χ3v) is 5.92. The summed E-state index contributed by atoms with van der Waals surface area (Å²) in [4.78, 5) is 26.7. The lowest BCUT2D eigenvalue weighted by atomic mass is 9.90. The maximum Gasteiger partial charge on any atom is 0.243 e. The second-order valence-corrected chi connectivity index (χ2v) is 8.12. The van der Waals surface area contributed by atoms with Gasteiger partial charge >= 0.3 is 0 Å². The Hall–Kier alpha value is -3.87. The quantitative estimate of drug-likeness (QED) is 0.426. The molecule has 2 aromatic heterocycles. The van der Waals surface area contributed by atoms with Gasteiger partial charge in [-0.1, -0.05) is 30.3 Å². The molecule has 1 atom stereocenters. The van der Waals surface area contributed by atoms with Crippen molar-refractivity contribution in [2.24, 2.45) is 0 Å². The van der Waals surface area contributed by atoms with Crippen molar-refractivity contribution in [1.82, 2.24) is 15.0 Å². The maximum atomic E-state index is 12.3. The highest BCUT2D eigenvalue weighted by Gasteiger charge is 2.24. The zero-order valence-corrected chi connectivity index (χ0v) is 17.8. The number of carbonyl (C=O) groups excluding carboxylic acids is 1. The summed E-state index contributed by atoms with van der Waals surface area (Å²) in [5.74, 6) is 1.34. The first-order valence-corrected chi connectivity index (χ1v) is 11.0. The number of rotatable bonds is 6. The van der Waals surface area contributed by atoms with E-state index in [4.69, 9.17) is 0 Å². The zero-order chi connectivity index (χ0) is 21.8. The molecule has 162 valence electrons. The number of nitrogens with zero attached hydrogens (tertiary/aromatic N) is 3. The molecule has 32 heavy (non-hydrogen) atoms. The van der Waals surface area contributed by atoms with E-state index in [2.05, 4.69) is 48.7 Å². The molecule has 0 aliphatic carbocycles. The van der Waals surface area contributed by atoms with Crippen molar-refractivity contribution in [3.8, 4) is 0 Å². The summed E-state index contributed by atoms with van der Waals surface area (Å²) >= 11 is 0. The number of hydrogen-bond acceptors (Lipinski definition) is 5. The normalized spacial score (nSPS) is 16.1. The van der Waals surface area contributed by atoms with E-state index in [1.165, 1.54) is 5.56 Å². The van der Waals surface area contributed by atoms with Gasteiger partial charge < -0.3 is 20.5 Å². The Morgan fingerprint density at radius 2 is 1.94 bits per heavy atom. The Morgan fingerprint density at radius 3 is 2.84 bits per heavy atom. The van der Waals surface area contributed by atoms with E-state index in [0.29, 0.717) is 5.92 Å². The number of piperidine rings is 1. The summed E-state index contributed by atoms with van der Waals surface area (Å²) in [6, 6.07) is 19.9. The van der Waals surface area contributed by atoms with Crippen LogP contribution in [0.1, 0.15) is 24.3 Å². The number of aromatic nitrogens is 3. The van der Waals surface area contributed by atoms with Gasteiger partial charge in [0.25, 0.3) is 0 Å². The topological polar surface area (TPSA) is 85.9 Å². The van der Waals surface area contributed by atoms with Gasteiger partial charge in [0.05, 0.1) is 11.9 Å². The molecule has 7 heteroatoms. The lowest BCUT2D eigenvalue weighted by molar-refractivity contribution is -0.114. The van der Waals surface area contributed by atoms with Crippen molar-refractivity contribution in [1.29, 1.82) is 0 Å². The smallest absolute Gasteiger partial charge is 0.243 e. The van der Waals surface area contributed by atoms with Crippen LogP contribution >= 0.6 is 0 Å². The Balaban J connectivity index is 1.24. The maximum absolute atomic E-state index is 12.3. The SMILES string of the molecule is O=C(CNc1cccc(C2CCCN(c3ncnc4[nH]ccc34)C2)c1)Nc1ccccc1. The van der Waals surface area contributed by atoms with Crippen LogP contribution in [0.2, 0.25) is 0 Å². The zero-order valence-electron chi connectivity index (χ0n) is 17.8. The van der Waals surface area contributed by atoms with Crippen LogP contribution < -0.4 is 15.5 Å². The molecule has 1 aliphatic heterocycles. The van der Waals surface area contributed by atoms with Crippen LogP contribution in [0.25, 0.3) is 11.0 Å². The first-order valence-electron chi connectivity index (χ1n) is 11.0. The van der Waals surface area contributed by atoms with E-state index >= 15 is 0 Å². The van der Waals surface area contributed by atoms with Gasteiger partial charge in [-0.2, -0.15) is 0 Å². The Kier molecular flexibility index (Phi) is 5.70. The third-order valence-electron chi connectivity index (χ3n) is 5.92. The average molecular weight is 427 g/mol. The summed E-state index contributed by atoms with van der Waals surface area (Å²) in [7, 11) is 0. The van der Waals surface area contributed by atoms with Crippen molar-refractivity contribution in [3.63, 3.8) is 0 Å². The van der Waals surface area contributed by atoms with E-state index in [-0.39, 0.29) is 12.5 Å². The van der Waals surface area contributed by atoms with E-state index in [1.807, 2.05) is 48.7 Å². The molecule has 3 heterocycles. The fraction of sp³-hybridized carbons (Fsp3) is 0.240. The van der Waals surface area contributed by atoms with Gasteiger partial charge in [-0.15, -0.1) is 0 Å². The predicted octanol–water partition coefficient (Wildman–Crippen LogP) is 4.39. The van der Waals surface area contributed by atoms with E-state index in [1.54, 1.807) is 6.33 Å². The van der Waals surface area contributed by atoms with Crippen LogP contribution in [-0.4, -0.2) is 40.5 Å². The molecule has 0 saturated carbocycles. The van der Waals surface area contributed by atoms with E-state index in [0.717, 1.165) is 54.2 Å². The predicted molar refractivity (Wildman–Crippen MR) is 128 cm³/mol. The molecule has 0 spiro atoms. The van der Waals surface area contributed by atoms with E-state index < -0.39 is 0 Å². The molecule has 1 aliphatic rings. The van der Waals surface area contributed by atoms with Crippen molar-refractivity contribution in [2.45, 2.75) is 18.8 Å². The number of para-hydroxylation sites is 1. The first-order chi connectivity index (χ1) is 15.8. The lowest BCUT2D eigenvalue weighted by Crippen LogP contribution is -2.35. The second kappa shape index (κ2) is 9.09. The minimum atomic E-state index is -0.0651. The standard InChI is InChI=1S/C25H26N6O/c32-23(30-20-8-2-1-3-9-20)15-27-21-10-4-6-18(14-21)19-7-5-13-31(16-19)25-22-11-12-26-24(22)28-17-29-25/h1-4,6,8-12,14,17,19,27H,5,7,13,15-16H2,(H,30,32)(H,26,28,29). The van der Waals surface area contributed by atoms with Crippen LogP contribution in [-0.2, 0) is 4.79 Å². The highest BCUT2D eigenvalue weighted by atomic mass is 16.1. The molecule has 5 rings (SSSR count). The highest BCUT2D eigenvalue weighted by molar-refractivity contribution is 5.93. The van der Waals surface area contributed by atoms with Crippen LogP contribution in [0.5, 0.6) is 0 Å². The third kappa shape index (κ3) is 4.42. The lowest BCUT2D eigenvalue weighted by Gasteiger charge is -2.34. The number of amides is 1. The van der Waals surface area contributed by atoms with Crippen LogP contribution in [0, 0.1) is 0 Å². The number of nitrogens with one attached hydrogen (secondary N) is 3. The molecular formula is C25H26N6O. The van der Waals surface area contributed by atoms with Crippen LogP contribution in [0.4, 0.5) is 17.2 Å². The van der Waals surface area contributed by atoms with Crippen molar-refractivity contribution in [3.05, 3.63) is 78.8 Å². The Bertz CT molecular complexity index is 1210. The van der Waals surface area contributed by atoms with Crippen molar-refractivity contribution in [2.75, 3.05) is 35.2 Å². The summed E-state index contributed by atoms with van der Waals surface area (Å²) in [5, 5.41) is 7.22. The molecule has 1 amide bonds. The summed E-state index contributed by atoms with van der Waals surface area (Å²) in [6.07, 6.45) is 5.78. The summed E-state index contributed by atoms with van der Waals surface area (Å²) < 4.78 is 0. The number of fused-ring (bicyclic) bond motifs is 1. The molecule has 7 nitrogen and oxygen atoms in total. The van der Waals surface area contributed by atoms with Gasteiger partial charge in [-0.3, -0.25) is 4.79 Å². The van der Waals surface area contributed by atoms with Gasteiger partial charge in [0.1, 0.15) is 17.8 Å². The van der Waals surface area contributed by atoms with Gasteiger partial charge in [0.2, 0.25) is 5.91 Å². The Labute approximate surface area is 186 Å². The van der Waals surface area contributed by atoms with Crippen LogP contribution in [0.15, 0.2) is 73.2 Å². The average Bonchev–Trinajstić information content (AvgIpc) is 3.33. The molecule has 3 N–H and O–H groups in total. The largest absolute Gasteiger partial charge is 0.376 e. The number of H-pyrrole nitrogens is 1. The van der Waals surface area contributed by atoms with Gasteiger partial charge in [0.15, 0.2) is 0 Å². The van der Waals surface area contributed by atoms with Crippen molar-refractivity contribution >= 4 is 34.1 Å². The number of hydrogen-bond donors (Lipinski definition) is 3. The summed E-state index contributed by atoms with van der Waals surface area (Å²) in [5.41, 5.74) is 3.91. The van der Waals surface area contributed by atoms with Crippen molar-refractivity contribution < 1.29 is 4.79 Å². The summed E-state index contributed by atoms with van der Waals surface area (Å²) in [6.45, 7) is 2.13. The van der Waals surface area contributed by atoms with Gasteiger partial charge in [-0.25, -0.2) is 9.97 Å². The number of anilines is 3. The Morgan fingerprint density at radius 1 is 1.06 bits per heavy atom. The highest BCUT2D eigenvalue weighted by Crippen LogP contribution is 2.32. The molecule has 0 bridgehead atoms. The number of carbonyl (C=O) groups is 1. The molecule has 1 unspecified atom stereocenters. The van der Waals surface area contributed by atoms with Gasteiger partial charge in [0, 0.05) is 36.6 Å². The molecular weight excluding hydrogens is 400 g/mol. The first kappa shape index (κ1) is 20.1. The van der Waals surface area contributed by atoms with E-state index in [9.17, 15) is 4.79 Å². The number of aromatic amines is 1. The fourth-order valence-electron chi connectivity index (χ4n) is 4.36. The monoisotopic (exact) mass is 426 g/mol.